The van der Waals surface area contributed by atoms with E-state index in [9.17, 15) is 4.79 Å². The zero-order chi connectivity index (χ0) is 17.0. The Labute approximate surface area is 141 Å². The first kappa shape index (κ1) is 20.9. The average Bonchev–Trinajstić information content (AvgIpc) is 2.57. The van der Waals surface area contributed by atoms with E-state index in [-0.39, 0.29) is 5.97 Å². The summed E-state index contributed by atoms with van der Waals surface area (Å²) in [5, 5.41) is 0. The maximum Gasteiger partial charge on any atom is 0.330 e. The fourth-order valence-corrected chi connectivity index (χ4v) is 1.66. The standard InChI is InChI=1S/C21H30O2/c1-3-4-5-6-7-8-9-10-11-12-13-14-15-16-17-18-19-20-21(22)23-2/h4-5,7-8,10-11,13-14,16-17,19-20H,3,6,9,12,15,18H2,1-2H3/b5-4-,8-7-,11-10-,14-13-,17-16-,20-19-. The fourth-order valence-electron chi connectivity index (χ4n) is 1.66. The van der Waals surface area contributed by atoms with Crippen LogP contribution in [-0.2, 0) is 9.53 Å². The first-order chi connectivity index (χ1) is 11.3. The lowest BCUT2D eigenvalue weighted by molar-refractivity contribution is -0.134. The average molecular weight is 314 g/mol. The first-order valence-corrected chi connectivity index (χ1v) is 8.30. The molecule has 0 amide bonds. The maximum absolute atomic E-state index is 10.8. The zero-order valence-electron chi connectivity index (χ0n) is 14.5. The highest BCUT2D eigenvalue weighted by Gasteiger charge is 1.86. The van der Waals surface area contributed by atoms with Gasteiger partial charge in [0.05, 0.1) is 7.11 Å². The molecule has 0 aromatic carbocycles. The third-order valence-electron chi connectivity index (χ3n) is 2.88. The SMILES string of the molecule is CC/C=C\C/C=C\C/C=C\C/C=C\C/C=C\C/C=C\C(=O)OC. The molecule has 0 fully saturated rings. The summed E-state index contributed by atoms with van der Waals surface area (Å²) in [6, 6.07) is 0. The van der Waals surface area contributed by atoms with E-state index in [0.29, 0.717) is 0 Å². The van der Waals surface area contributed by atoms with E-state index < -0.39 is 0 Å². The van der Waals surface area contributed by atoms with Crippen LogP contribution >= 0.6 is 0 Å². The van der Waals surface area contributed by atoms with Gasteiger partial charge in [0.15, 0.2) is 0 Å². The van der Waals surface area contributed by atoms with Gasteiger partial charge in [-0.05, 0) is 38.5 Å². The van der Waals surface area contributed by atoms with Crippen molar-refractivity contribution < 1.29 is 9.53 Å². The van der Waals surface area contributed by atoms with Crippen molar-refractivity contribution in [2.45, 2.75) is 45.4 Å². The van der Waals surface area contributed by atoms with Gasteiger partial charge in [-0.2, -0.15) is 0 Å². The van der Waals surface area contributed by atoms with Crippen LogP contribution in [0.25, 0.3) is 0 Å². The molecule has 0 aromatic heterocycles. The van der Waals surface area contributed by atoms with Crippen molar-refractivity contribution in [3.8, 4) is 0 Å². The number of hydrogen-bond acceptors (Lipinski definition) is 2. The van der Waals surface area contributed by atoms with Crippen molar-refractivity contribution in [3.05, 3.63) is 72.9 Å². The number of carbonyl (C=O) groups is 1. The lowest BCUT2D eigenvalue weighted by atomic mass is 10.2. The van der Waals surface area contributed by atoms with Crippen LogP contribution in [0.4, 0.5) is 0 Å². The van der Waals surface area contributed by atoms with Crippen LogP contribution in [0.15, 0.2) is 72.9 Å². The number of esters is 1. The molecule has 0 bridgehead atoms. The molecule has 0 aliphatic heterocycles. The van der Waals surface area contributed by atoms with E-state index in [0.717, 1.165) is 38.5 Å². The van der Waals surface area contributed by atoms with E-state index >= 15 is 0 Å². The predicted molar refractivity (Wildman–Crippen MR) is 100 cm³/mol. The minimum Gasteiger partial charge on any atom is -0.466 e. The summed E-state index contributed by atoms with van der Waals surface area (Å²) in [4.78, 5) is 10.8. The van der Waals surface area contributed by atoms with Gasteiger partial charge in [0.1, 0.15) is 0 Å². The monoisotopic (exact) mass is 314 g/mol. The van der Waals surface area contributed by atoms with Crippen LogP contribution < -0.4 is 0 Å². The Morgan fingerprint density at radius 3 is 1.35 bits per heavy atom. The summed E-state index contributed by atoms with van der Waals surface area (Å²) in [7, 11) is 1.38. The molecule has 0 aromatic rings. The third kappa shape index (κ3) is 17.9. The number of rotatable bonds is 12. The Hall–Kier alpha value is -2.09. The summed E-state index contributed by atoms with van der Waals surface area (Å²) in [6.45, 7) is 2.15. The molecule has 0 N–H and O–H groups in total. The number of carbonyl (C=O) groups excluding carboxylic acids is 1. The Morgan fingerprint density at radius 1 is 0.652 bits per heavy atom. The van der Waals surface area contributed by atoms with E-state index in [2.05, 4.69) is 66.3 Å². The van der Waals surface area contributed by atoms with Gasteiger partial charge >= 0.3 is 5.97 Å². The highest BCUT2D eigenvalue weighted by atomic mass is 16.5. The van der Waals surface area contributed by atoms with Gasteiger partial charge < -0.3 is 4.74 Å². The number of hydrogen-bond donors (Lipinski definition) is 0. The smallest absolute Gasteiger partial charge is 0.330 e. The van der Waals surface area contributed by atoms with E-state index in [1.807, 2.05) is 6.08 Å². The molecule has 0 aliphatic rings. The summed E-state index contributed by atoms with van der Waals surface area (Å²) < 4.78 is 4.50. The van der Waals surface area contributed by atoms with Crippen LogP contribution in [0.1, 0.15) is 45.4 Å². The molecule has 2 nitrogen and oxygen atoms in total. The molecular weight excluding hydrogens is 284 g/mol. The van der Waals surface area contributed by atoms with Crippen molar-refractivity contribution >= 4 is 5.97 Å². The van der Waals surface area contributed by atoms with Gasteiger partial charge in [-0.25, -0.2) is 4.79 Å². The van der Waals surface area contributed by atoms with Gasteiger partial charge in [0, 0.05) is 6.08 Å². The van der Waals surface area contributed by atoms with Gasteiger partial charge in [-0.15, -0.1) is 0 Å². The second-order valence-corrected chi connectivity index (χ2v) is 4.87. The summed E-state index contributed by atoms with van der Waals surface area (Å²) in [5.41, 5.74) is 0. The molecule has 0 radical (unpaired) electrons. The molecule has 0 unspecified atom stereocenters. The van der Waals surface area contributed by atoms with Crippen LogP contribution in [0.5, 0.6) is 0 Å². The van der Waals surface area contributed by atoms with Gasteiger partial charge in [0.2, 0.25) is 0 Å². The summed E-state index contributed by atoms with van der Waals surface area (Å²) in [6.07, 6.45) is 30.6. The zero-order valence-corrected chi connectivity index (χ0v) is 14.5. The Balaban J connectivity index is 3.56. The quantitative estimate of drug-likeness (QED) is 0.256. The van der Waals surface area contributed by atoms with Gasteiger partial charge in [-0.3, -0.25) is 0 Å². The van der Waals surface area contributed by atoms with Crippen molar-refractivity contribution in [3.63, 3.8) is 0 Å². The van der Waals surface area contributed by atoms with Gasteiger partial charge in [0.25, 0.3) is 0 Å². The van der Waals surface area contributed by atoms with Gasteiger partial charge in [-0.1, -0.05) is 73.8 Å². The highest BCUT2D eigenvalue weighted by molar-refractivity contribution is 5.81. The minimum atomic E-state index is -0.308. The van der Waals surface area contributed by atoms with Crippen LogP contribution in [-0.4, -0.2) is 13.1 Å². The molecule has 0 spiro atoms. The first-order valence-electron chi connectivity index (χ1n) is 8.30. The van der Waals surface area contributed by atoms with E-state index in [4.69, 9.17) is 0 Å². The molecular formula is C21H30O2. The number of methoxy groups -OCH3 is 1. The van der Waals surface area contributed by atoms with Crippen molar-refractivity contribution in [1.29, 1.82) is 0 Å². The van der Waals surface area contributed by atoms with Crippen LogP contribution in [0.2, 0.25) is 0 Å². The normalized spacial score (nSPS) is 13.0. The molecule has 0 atom stereocenters. The molecule has 0 saturated carbocycles. The topological polar surface area (TPSA) is 26.3 Å². The molecule has 2 heteroatoms. The molecule has 126 valence electrons. The predicted octanol–water partition coefficient (Wildman–Crippen LogP) is 5.86. The molecule has 0 rings (SSSR count). The van der Waals surface area contributed by atoms with Crippen molar-refractivity contribution in [2.24, 2.45) is 0 Å². The fraction of sp³-hybridized carbons (Fsp3) is 0.381. The van der Waals surface area contributed by atoms with E-state index in [1.165, 1.54) is 13.2 Å². The Bertz CT molecular complexity index is 448. The Kier molecular flexibility index (Phi) is 16.3. The van der Waals surface area contributed by atoms with Crippen LogP contribution in [0, 0.1) is 0 Å². The lowest BCUT2D eigenvalue weighted by Crippen LogP contribution is -1.92. The number of ether oxygens (including phenoxy) is 1. The van der Waals surface area contributed by atoms with E-state index in [1.54, 1.807) is 6.08 Å². The third-order valence-corrected chi connectivity index (χ3v) is 2.88. The summed E-state index contributed by atoms with van der Waals surface area (Å²) >= 11 is 0. The maximum atomic E-state index is 10.8. The molecule has 23 heavy (non-hydrogen) atoms. The number of allylic oxidation sites excluding steroid dienone is 11. The van der Waals surface area contributed by atoms with Crippen molar-refractivity contribution in [2.75, 3.05) is 7.11 Å². The Morgan fingerprint density at radius 2 is 1.00 bits per heavy atom. The lowest BCUT2D eigenvalue weighted by Gasteiger charge is -1.87. The largest absolute Gasteiger partial charge is 0.466 e. The molecule has 0 saturated heterocycles. The second-order valence-electron chi connectivity index (χ2n) is 4.87. The van der Waals surface area contributed by atoms with Crippen molar-refractivity contribution in [1.82, 2.24) is 0 Å². The molecule has 0 aliphatic carbocycles. The molecule has 0 heterocycles. The summed E-state index contributed by atoms with van der Waals surface area (Å²) in [5.74, 6) is -0.308. The highest BCUT2D eigenvalue weighted by Crippen LogP contribution is 1.96. The second kappa shape index (κ2) is 18.0. The van der Waals surface area contributed by atoms with Crippen LogP contribution in [0.3, 0.4) is 0 Å². The minimum absolute atomic E-state index is 0.308.